The van der Waals surface area contributed by atoms with Crippen molar-refractivity contribution in [2.75, 3.05) is 6.54 Å². The average molecular weight is 211 g/mol. The third kappa shape index (κ3) is 4.14. The molecule has 1 heterocycles. The van der Waals surface area contributed by atoms with E-state index in [1.54, 1.807) is 25.7 Å². The second-order valence-corrected chi connectivity index (χ2v) is 4.54. The van der Waals surface area contributed by atoms with Crippen molar-refractivity contribution in [3.8, 4) is 0 Å². The lowest BCUT2D eigenvalue weighted by Gasteiger charge is -2.18. The number of amides is 1. The van der Waals surface area contributed by atoms with Crippen molar-refractivity contribution in [2.45, 2.75) is 39.2 Å². The van der Waals surface area contributed by atoms with Crippen LogP contribution in [-0.2, 0) is 14.3 Å². The van der Waals surface area contributed by atoms with Gasteiger partial charge in [0.1, 0.15) is 5.60 Å². The Morgan fingerprint density at radius 3 is 2.60 bits per heavy atom. The molecule has 1 fully saturated rings. The highest BCUT2D eigenvalue weighted by atomic mass is 16.6. The van der Waals surface area contributed by atoms with Crippen molar-refractivity contribution >= 4 is 11.9 Å². The van der Waals surface area contributed by atoms with Gasteiger partial charge in [0.05, 0.1) is 0 Å². The van der Waals surface area contributed by atoms with Crippen molar-refractivity contribution in [2.24, 2.45) is 0 Å². The van der Waals surface area contributed by atoms with Gasteiger partial charge in [0.25, 0.3) is 0 Å². The number of ether oxygens (including phenoxy) is 1. The molecule has 0 unspecified atom stereocenters. The molecule has 0 spiro atoms. The molecule has 0 radical (unpaired) electrons. The predicted octanol–water partition coefficient (Wildman–Crippen LogP) is 1.46. The monoisotopic (exact) mass is 211 g/mol. The number of esters is 1. The highest BCUT2D eigenvalue weighted by molar-refractivity contribution is 5.84. The van der Waals surface area contributed by atoms with Crippen LogP contribution >= 0.6 is 0 Å². The van der Waals surface area contributed by atoms with E-state index in [9.17, 15) is 9.59 Å². The van der Waals surface area contributed by atoms with Crippen LogP contribution in [0.1, 0.15) is 33.6 Å². The molecule has 1 amide bonds. The third-order valence-electron chi connectivity index (χ3n) is 1.91. The Morgan fingerprint density at radius 2 is 2.13 bits per heavy atom. The summed E-state index contributed by atoms with van der Waals surface area (Å²) in [5, 5.41) is 0. The first kappa shape index (κ1) is 11.8. The molecule has 4 heteroatoms. The topological polar surface area (TPSA) is 46.6 Å². The van der Waals surface area contributed by atoms with Gasteiger partial charge < -0.3 is 9.64 Å². The Morgan fingerprint density at radius 1 is 1.47 bits per heavy atom. The molecule has 0 aromatic heterocycles. The molecule has 1 rings (SSSR count). The minimum absolute atomic E-state index is 0.0646. The minimum Gasteiger partial charge on any atom is -0.457 e. The van der Waals surface area contributed by atoms with Crippen molar-refractivity contribution in [1.29, 1.82) is 0 Å². The molecule has 0 aromatic carbocycles. The molecule has 15 heavy (non-hydrogen) atoms. The normalized spacial score (nSPS) is 17.5. The first-order chi connectivity index (χ1) is 6.88. The molecule has 0 aromatic rings. The summed E-state index contributed by atoms with van der Waals surface area (Å²) in [7, 11) is 0. The molecule has 4 nitrogen and oxygen atoms in total. The largest absolute Gasteiger partial charge is 0.457 e. The van der Waals surface area contributed by atoms with Gasteiger partial charge in [0.15, 0.2) is 0 Å². The van der Waals surface area contributed by atoms with Gasteiger partial charge in [-0.25, -0.2) is 4.79 Å². The van der Waals surface area contributed by atoms with Gasteiger partial charge in [-0.3, -0.25) is 4.79 Å². The zero-order valence-electron chi connectivity index (χ0n) is 9.45. The highest BCUT2D eigenvalue weighted by Gasteiger charge is 2.18. The summed E-state index contributed by atoms with van der Waals surface area (Å²) in [6.07, 6.45) is 4.23. The Balaban J connectivity index is 2.44. The van der Waals surface area contributed by atoms with E-state index in [1.807, 2.05) is 0 Å². The lowest BCUT2D eigenvalue weighted by atomic mass is 10.2. The molecule has 0 aliphatic carbocycles. The van der Waals surface area contributed by atoms with Crippen molar-refractivity contribution < 1.29 is 14.3 Å². The third-order valence-corrected chi connectivity index (χ3v) is 1.91. The Kier molecular flexibility index (Phi) is 3.50. The fraction of sp³-hybridized carbons (Fsp3) is 0.636. The zero-order valence-corrected chi connectivity index (χ0v) is 9.45. The molecule has 84 valence electrons. The fourth-order valence-electron chi connectivity index (χ4n) is 1.31. The zero-order chi connectivity index (χ0) is 11.5. The predicted molar refractivity (Wildman–Crippen MR) is 55.9 cm³/mol. The lowest BCUT2D eigenvalue weighted by molar-refractivity contribution is -0.148. The minimum atomic E-state index is -0.490. The summed E-state index contributed by atoms with van der Waals surface area (Å²) in [4.78, 5) is 24.0. The number of carbonyl (C=O) groups is 2. The number of nitrogens with zero attached hydrogens (tertiary/aromatic N) is 1. The molecular formula is C11H17NO3. The van der Waals surface area contributed by atoms with Gasteiger partial charge >= 0.3 is 5.97 Å². The van der Waals surface area contributed by atoms with Crippen LogP contribution < -0.4 is 0 Å². The number of carbonyl (C=O) groups excluding carboxylic acids is 2. The van der Waals surface area contributed by atoms with Gasteiger partial charge in [-0.1, -0.05) is 0 Å². The van der Waals surface area contributed by atoms with Gasteiger partial charge in [-0.05, 0) is 27.2 Å². The number of rotatable bonds is 2. The van der Waals surface area contributed by atoms with Crippen LogP contribution in [-0.4, -0.2) is 28.9 Å². The molecule has 0 N–H and O–H groups in total. The molecule has 1 saturated heterocycles. The summed E-state index contributed by atoms with van der Waals surface area (Å²) in [6.45, 7) is 6.11. The van der Waals surface area contributed by atoms with Gasteiger partial charge in [-0.15, -0.1) is 0 Å². The van der Waals surface area contributed by atoms with Crippen LogP contribution in [0.5, 0.6) is 0 Å². The molecule has 0 saturated carbocycles. The number of hydrogen-bond donors (Lipinski definition) is 0. The van der Waals surface area contributed by atoms with E-state index in [-0.39, 0.29) is 5.91 Å². The van der Waals surface area contributed by atoms with E-state index in [0.717, 1.165) is 6.42 Å². The summed E-state index contributed by atoms with van der Waals surface area (Å²) in [5.74, 6) is -0.350. The van der Waals surface area contributed by atoms with E-state index in [2.05, 4.69) is 0 Å². The van der Waals surface area contributed by atoms with Crippen LogP contribution in [0.3, 0.4) is 0 Å². The van der Waals surface area contributed by atoms with E-state index in [4.69, 9.17) is 4.74 Å². The molecule has 0 atom stereocenters. The fourth-order valence-corrected chi connectivity index (χ4v) is 1.31. The molecule has 1 aliphatic rings. The van der Waals surface area contributed by atoms with Gasteiger partial charge in [0, 0.05) is 25.2 Å². The molecule has 0 bridgehead atoms. The quantitative estimate of drug-likeness (QED) is 0.513. The average Bonchev–Trinajstić information content (AvgIpc) is 2.44. The number of likely N-dealkylation sites (tertiary alicyclic amines) is 1. The van der Waals surface area contributed by atoms with Gasteiger partial charge in [0.2, 0.25) is 5.91 Å². The second kappa shape index (κ2) is 4.47. The van der Waals surface area contributed by atoms with E-state index >= 15 is 0 Å². The van der Waals surface area contributed by atoms with Crippen LogP contribution in [0, 0.1) is 0 Å². The Hall–Kier alpha value is -1.32. The summed E-state index contributed by atoms with van der Waals surface area (Å²) in [6, 6.07) is 0. The van der Waals surface area contributed by atoms with Gasteiger partial charge in [-0.2, -0.15) is 0 Å². The first-order valence-electron chi connectivity index (χ1n) is 5.09. The Bertz CT molecular complexity index is 289. The molecule has 1 aliphatic heterocycles. The van der Waals surface area contributed by atoms with Crippen molar-refractivity contribution in [1.82, 2.24) is 4.90 Å². The van der Waals surface area contributed by atoms with Crippen LogP contribution in [0.25, 0.3) is 0 Å². The number of hydrogen-bond acceptors (Lipinski definition) is 3. The SMILES string of the molecule is CC(C)(C)OC(=O)C=CN1CCCC1=O. The van der Waals surface area contributed by atoms with Crippen LogP contribution in [0.2, 0.25) is 0 Å². The Labute approximate surface area is 89.9 Å². The standard InChI is InChI=1S/C11H17NO3/c1-11(2,3)15-10(14)6-8-12-7-4-5-9(12)13/h6,8H,4-5,7H2,1-3H3. The van der Waals surface area contributed by atoms with Crippen LogP contribution in [0.4, 0.5) is 0 Å². The second-order valence-electron chi connectivity index (χ2n) is 4.54. The summed E-state index contributed by atoms with van der Waals surface area (Å²) < 4.78 is 5.07. The van der Waals surface area contributed by atoms with Crippen molar-refractivity contribution in [3.05, 3.63) is 12.3 Å². The van der Waals surface area contributed by atoms with Crippen LogP contribution in [0.15, 0.2) is 12.3 Å². The van der Waals surface area contributed by atoms with E-state index in [0.29, 0.717) is 13.0 Å². The maximum absolute atomic E-state index is 11.3. The highest BCUT2D eigenvalue weighted by Crippen LogP contribution is 2.11. The maximum atomic E-state index is 11.3. The summed E-state index contributed by atoms with van der Waals surface area (Å²) in [5.41, 5.74) is -0.490. The van der Waals surface area contributed by atoms with E-state index in [1.165, 1.54) is 12.3 Å². The first-order valence-corrected chi connectivity index (χ1v) is 5.09. The summed E-state index contributed by atoms with van der Waals surface area (Å²) >= 11 is 0. The van der Waals surface area contributed by atoms with Crippen molar-refractivity contribution in [3.63, 3.8) is 0 Å². The smallest absolute Gasteiger partial charge is 0.332 e. The van der Waals surface area contributed by atoms with E-state index < -0.39 is 11.6 Å². The lowest BCUT2D eigenvalue weighted by Crippen LogP contribution is -2.23. The molecular weight excluding hydrogens is 194 g/mol. The maximum Gasteiger partial charge on any atom is 0.332 e.